The summed E-state index contributed by atoms with van der Waals surface area (Å²) >= 11 is 0. The van der Waals surface area contributed by atoms with Gasteiger partial charge in [0.25, 0.3) is 0 Å². The summed E-state index contributed by atoms with van der Waals surface area (Å²) in [6.07, 6.45) is -0.299. The standard InChI is InChI=1S/C20H24N2O4/c1-13(2)15-7-5-6-8-16(15)21-19(23)12-20(24)22-17-11-14(25-3)9-10-18(17)26-4/h5-11,13H,12H2,1-4H3,(H,21,23)(H,22,24). The van der Waals surface area contributed by atoms with E-state index < -0.39 is 5.91 Å². The van der Waals surface area contributed by atoms with Gasteiger partial charge in [-0.05, 0) is 29.7 Å². The van der Waals surface area contributed by atoms with Crippen LogP contribution in [0.5, 0.6) is 11.5 Å². The highest BCUT2D eigenvalue weighted by molar-refractivity contribution is 6.08. The van der Waals surface area contributed by atoms with Crippen LogP contribution in [-0.2, 0) is 9.59 Å². The first-order valence-electron chi connectivity index (χ1n) is 8.35. The van der Waals surface area contributed by atoms with Crippen molar-refractivity contribution in [3.63, 3.8) is 0 Å². The molecule has 0 atom stereocenters. The molecule has 2 aromatic rings. The fourth-order valence-corrected chi connectivity index (χ4v) is 2.56. The highest BCUT2D eigenvalue weighted by atomic mass is 16.5. The second-order valence-electron chi connectivity index (χ2n) is 6.08. The number of amides is 2. The normalized spacial score (nSPS) is 10.3. The van der Waals surface area contributed by atoms with Crippen molar-refractivity contribution in [1.82, 2.24) is 0 Å². The lowest BCUT2D eigenvalue weighted by Crippen LogP contribution is -2.22. The van der Waals surface area contributed by atoms with Crippen molar-refractivity contribution in [3.05, 3.63) is 48.0 Å². The number of carbonyl (C=O) groups is 2. The Morgan fingerprint density at radius 3 is 2.19 bits per heavy atom. The maximum atomic E-state index is 12.2. The van der Waals surface area contributed by atoms with E-state index in [1.165, 1.54) is 14.2 Å². The van der Waals surface area contributed by atoms with Crippen LogP contribution in [0.2, 0.25) is 0 Å². The average molecular weight is 356 g/mol. The number of methoxy groups -OCH3 is 2. The molecule has 2 rings (SSSR count). The SMILES string of the molecule is COc1ccc(OC)c(NC(=O)CC(=O)Nc2ccccc2C(C)C)c1. The summed E-state index contributed by atoms with van der Waals surface area (Å²) in [5.41, 5.74) is 2.20. The highest BCUT2D eigenvalue weighted by Crippen LogP contribution is 2.29. The van der Waals surface area contributed by atoms with Crippen molar-refractivity contribution in [1.29, 1.82) is 0 Å². The lowest BCUT2D eigenvalue weighted by molar-refractivity contribution is -0.123. The number of ether oxygens (including phenoxy) is 2. The van der Waals surface area contributed by atoms with Gasteiger partial charge in [0.2, 0.25) is 11.8 Å². The fraction of sp³-hybridized carbons (Fsp3) is 0.300. The van der Waals surface area contributed by atoms with Crippen LogP contribution in [0.4, 0.5) is 11.4 Å². The number of benzene rings is 2. The van der Waals surface area contributed by atoms with Gasteiger partial charge in [-0.1, -0.05) is 32.0 Å². The molecule has 6 heteroatoms. The van der Waals surface area contributed by atoms with E-state index in [1.54, 1.807) is 18.2 Å². The molecule has 6 nitrogen and oxygen atoms in total. The minimum Gasteiger partial charge on any atom is -0.497 e. The van der Waals surface area contributed by atoms with Gasteiger partial charge >= 0.3 is 0 Å². The number of anilines is 2. The maximum Gasteiger partial charge on any atom is 0.233 e. The van der Waals surface area contributed by atoms with Crippen molar-refractivity contribution in [2.45, 2.75) is 26.2 Å². The van der Waals surface area contributed by atoms with E-state index in [4.69, 9.17) is 9.47 Å². The third-order valence-corrected chi connectivity index (χ3v) is 3.86. The van der Waals surface area contributed by atoms with Gasteiger partial charge in [0.15, 0.2) is 0 Å². The number of hydrogen-bond acceptors (Lipinski definition) is 4. The number of hydrogen-bond donors (Lipinski definition) is 2. The minimum absolute atomic E-state index is 0.265. The Morgan fingerprint density at radius 1 is 0.923 bits per heavy atom. The second-order valence-corrected chi connectivity index (χ2v) is 6.08. The number of nitrogens with one attached hydrogen (secondary N) is 2. The molecule has 0 saturated carbocycles. The molecule has 0 fully saturated rings. The van der Waals surface area contributed by atoms with Crippen molar-refractivity contribution in [2.75, 3.05) is 24.9 Å². The molecule has 0 bridgehead atoms. The van der Waals surface area contributed by atoms with Crippen LogP contribution in [0.3, 0.4) is 0 Å². The minimum atomic E-state index is -0.434. The van der Waals surface area contributed by atoms with Crippen molar-refractivity contribution in [3.8, 4) is 11.5 Å². The molecule has 26 heavy (non-hydrogen) atoms. The molecular formula is C20H24N2O4. The molecule has 0 unspecified atom stereocenters. The van der Waals surface area contributed by atoms with Crippen LogP contribution in [0.25, 0.3) is 0 Å². The van der Waals surface area contributed by atoms with Gasteiger partial charge in [0.05, 0.1) is 19.9 Å². The smallest absolute Gasteiger partial charge is 0.233 e. The molecule has 2 aromatic carbocycles. The third kappa shape index (κ3) is 4.99. The third-order valence-electron chi connectivity index (χ3n) is 3.86. The van der Waals surface area contributed by atoms with Gasteiger partial charge in [-0.3, -0.25) is 9.59 Å². The molecule has 0 aliphatic rings. The van der Waals surface area contributed by atoms with Gasteiger partial charge < -0.3 is 20.1 Å². The predicted octanol–water partition coefficient (Wildman–Crippen LogP) is 3.79. The topological polar surface area (TPSA) is 76.7 Å². The number of rotatable bonds is 7. The largest absolute Gasteiger partial charge is 0.497 e. The van der Waals surface area contributed by atoms with Crippen LogP contribution in [0, 0.1) is 0 Å². The first-order valence-corrected chi connectivity index (χ1v) is 8.35. The highest BCUT2D eigenvalue weighted by Gasteiger charge is 2.15. The zero-order valence-corrected chi connectivity index (χ0v) is 15.5. The molecule has 2 amide bonds. The first-order chi connectivity index (χ1) is 12.4. The number of carbonyl (C=O) groups excluding carboxylic acids is 2. The molecule has 0 heterocycles. The Bertz CT molecular complexity index is 787. The molecule has 2 N–H and O–H groups in total. The summed E-state index contributed by atoms with van der Waals surface area (Å²) in [7, 11) is 3.04. The second kappa shape index (κ2) is 8.89. The van der Waals surface area contributed by atoms with Gasteiger partial charge in [-0.15, -0.1) is 0 Å². The lowest BCUT2D eigenvalue weighted by Gasteiger charge is -2.14. The van der Waals surface area contributed by atoms with Gasteiger partial charge in [-0.2, -0.15) is 0 Å². The maximum absolute atomic E-state index is 12.2. The lowest BCUT2D eigenvalue weighted by atomic mass is 10.0. The summed E-state index contributed by atoms with van der Waals surface area (Å²) in [6, 6.07) is 12.6. The quantitative estimate of drug-likeness (QED) is 0.740. The molecule has 138 valence electrons. The van der Waals surface area contributed by atoms with E-state index in [0.717, 1.165) is 11.3 Å². The molecular weight excluding hydrogens is 332 g/mol. The van der Waals surface area contributed by atoms with Crippen LogP contribution in [0.15, 0.2) is 42.5 Å². The van der Waals surface area contributed by atoms with E-state index in [-0.39, 0.29) is 18.2 Å². The monoisotopic (exact) mass is 356 g/mol. The van der Waals surface area contributed by atoms with E-state index in [2.05, 4.69) is 10.6 Å². The Labute approximate surface area is 153 Å². The first kappa shape index (κ1) is 19.3. The van der Waals surface area contributed by atoms with Gasteiger partial charge in [-0.25, -0.2) is 0 Å². The van der Waals surface area contributed by atoms with Crippen LogP contribution in [0.1, 0.15) is 31.7 Å². The van der Waals surface area contributed by atoms with Crippen LogP contribution >= 0.6 is 0 Å². The Hall–Kier alpha value is -3.02. The summed E-state index contributed by atoms with van der Waals surface area (Å²) in [5.74, 6) is 0.524. The molecule has 0 aliphatic heterocycles. The Balaban J connectivity index is 2.03. The Morgan fingerprint density at radius 2 is 1.58 bits per heavy atom. The summed E-state index contributed by atoms with van der Waals surface area (Å²) in [5, 5.41) is 5.49. The van der Waals surface area contributed by atoms with Gasteiger partial charge in [0, 0.05) is 11.8 Å². The van der Waals surface area contributed by atoms with Crippen molar-refractivity contribution in [2.24, 2.45) is 0 Å². The van der Waals surface area contributed by atoms with E-state index in [1.807, 2.05) is 38.1 Å². The number of para-hydroxylation sites is 1. The molecule has 0 radical (unpaired) electrons. The summed E-state index contributed by atoms with van der Waals surface area (Å²) < 4.78 is 10.4. The molecule has 0 aromatic heterocycles. The van der Waals surface area contributed by atoms with Crippen LogP contribution < -0.4 is 20.1 Å². The molecule has 0 spiro atoms. The fourth-order valence-electron chi connectivity index (χ4n) is 2.56. The zero-order chi connectivity index (χ0) is 19.1. The average Bonchev–Trinajstić information content (AvgIpc) is 2.61. The summed E-state index contributed by atoms with van der Waals surface area (Å²) in [4.78, 5) is 24.5. The van der Waals surface area contributed by atoms with Crippen molar-refractivity contribution >= 4 is 23.2 Å². The van der Waals surface area contributed by atoms with Crippen LogP contribution in [-0.4, -0.2) is 26.0 Å². The zero-order valence-electron chi connectivity index (χ0n) is 15.5. The Kier molecular flexibility index (Phi) is 6.60. The summed E-state index contributed by atoms with van der Waals surface area (Å²) in [6.45, 7) is 4.10. The van der Waals surface area contributed by atoms with E-state index in [9.17, 15) is 9.59 Å². The molecule has 0 aliphatic carbocycles. The van der Waals surface area contributed by atoms with E-state index >= 15 is 0 Å². The van der Waals surface area contributed by atoms with Gasteiger partial charge in [0.1, 0.15) is 17.9 Å². The predicted molar refractivity (Wildman–Crippen MR) is 102 cm³/mol. The molecule has 0 saturated heterocycles. The van der Waals surface area contributed by atoms with E-state index in [0.29, 0.717) is 17.2 Å². The van der Waals surface area contributed by atoms with Crippen molar-refractivity contribution < 1.29 is 19.1 Å².